The summed E-state index contributed by atoms with van der Waals surface area (Å²) >= 11 is 0. The van der Waals surface area contributed by atoms with Crippen LogP contribution in [-0.4, -0.2) is 47.5 Å². The Labute approximate surface area is 127 Å². The second kappa shape index (κ2) is 5.73. The summed E-state index contributed by atoms with van der Waals surface area (Å²) in [5, 5.41) is 0.881. The number of carbonyl (C=O) groups is 2. The number of rotatable bonds is 3. The third-order valence-corrected chi connectivity index (χ3v) is 4.04. The zero-order valence-corrected chi connectivity index (χ0v) is 12.2. The molecule has 1 aliphatic rings. The number of pyridine rings is 1. The summed E-state index contributed by atoms with van der Waals surface area (Å²) in [6.07, 6.45) is 1.98. The van der Waals surface area contributed by atoms with Crippen molar-refractivity contribution >= 4 is 22.7 Å². The maximum absolute atomic E-state index is 12.7. The molecule has 1 aliphatic heterocycles. The van der Waals surface area contributed by atoms with Crippen LogP contribution in [0.25, 0.3) is 10.9 Å². The number of carbonyl (C=O) groups excluding carboxylic acids is 2. The van der Waals surface area contributed by atoms with Crippen LogP contribution in [-0.2, 0) is 9.53 Å². The summed E-state index contributed by atoms with van der Waals surface area (Å²) in [7, 11) is 1.57. The number of fused-ring (bicyclic) bond motifs is 1. The van der Waals surface area contributed by atoms with Crippen LogP contribution in [0, 0.1) is 0 Å². The van der Waals surface area contributed by atoms with Crippen molar-refractivity contribution < 1.29 is 14.3 Å². The SMILES string of the molecule is CO[C@H]1C[C@@H](C(N)=O)N(C(=O)c2ccc3ncccc3c2)C1. The lowest BCUT2D eigenvalue weighted by molar-refractivity contribution is -0.121. The molecule has 1 saturated heterocycles. The van der Waals surface area contributed by atoms with E-state index in [0.717, 1.165) is 10.9 Å². The van der Waals surface area contributed by atoms with Crippen LogP contribution >= 0.6 is 0 Å². The second-order valence-electron chi connectivity index (χ2n) is 5.38. The largest absolute Gasteiger partial charge is 0.380 e. The predicted molar refractivity (Wildman–Crippen MR) is 81.2 cm³/mol. The first-order valence-corrected chi connectivity index (χ1v) is 7.08. The zero-order valence-electron chi connectivity index (χ0n) is 12.2. The highest BCUT2D eigenvalue weighted by atomic mass is 16.5. The van der Waals surface area contributed by atoms with E-state index < -0.39 is 11.9 Å². The van der Waals surface area contributed by atoms with Gasteiger partial charge in [-0.3, -0.25) is 14.6 Å². The van der Waals surface area contributed by atoms with Gasteiger partial charge in [0.25, 0.3) is 5.91 Å². The maximum atomic E-state index is 12.7. The minimum Gasteiger partial charge on any atom is -0.380 e. The number of benzene rings is 1. The summed E-state index contributed by atoms with van der Waals surface area (Å²) in [6, 6.07) is 8.39. The summed E-state index contributed by atoms with van der Waals surface area (Å²) in [5.74, 6) is -0.718. The van der Waals surface area contributed by atoms with Gasteiger partial charge in [-0.2, -0.15) is 0 Å². The Hall–Kier alpha value is -2.47. The first-order valence-electron chi connectivity index (χ1n) is 7.08. The molecule has 0 saturated carbocycles. The van der Waals surface area contributed by atoms with Crippen molar-refractivity contribution in [1.29, 1.82) is 0 Å². The lowest BCUT2D eigenvalue weighted by Crippen LogP contribution is -2.43. The van der Waals surface area contributed by atoms with Gasteiger partial charge in [-0.05, 0) is 24.3 Å². The summed E-state index contributed by atoms with van der Waals surface area (Å²) < 4.78 is 5.27. The number of aromatic nitrogens is 1. The lowest BCUT2D eigenvalue weighted by Gasteiger charge is -2.22. The molecule has 6 nitrogen and oxygen atoms in total. The van der Waals surface area contributed by atoms with Crippen LogP contribution in [0.1, 0.15) is 16.8 Å². The standard InChI is InChI=1S/C16H17N3O3/c1-22-12-8-14(15(17)20)19(9-12)16(21)11-4-5-13-10(7-11)3-2-6-18-13/h2-7,12,14H,8-9H2,1H3,(H2,17,20)/t12-,14-/m0/s1. The number of nitrogens with two attached hydrogens (primary N) is 1. The van der Waals surface area contributed by atoms with Gasteiger partial charge in [-0.1, -0.05) is 6.07 Å². The van der Waals surface area contributed by atoms with Gasteiger partial charge in [-0.25, -0.2) is 0 Å². The van der Waals surface area contributed by atoms with Gasteiger partial charge in [0.1, 0.15) is 6.04 Å². The van der Waals surface area contributed by atoms with Crippen molar-refractivity contribution in [2.45, 2.75) is 18.6 Å². The van der Waals surface area contributed by atoms with E-state index in [0.29, 0.717) is 18.5 Å². The number of hydrogen-bond donors (Lipinski definition) is 1. The smallest absolute Gasteiger partial charge is 0.254 e. The van der Waals surface area contributed by atoms with Gasteiger partial charge in [0.05, 0.1) is 11.6 Å². The molecule has 2 atom stereocenters. The van der Waals surface area contributed by atoms with Gasteiger partial charge in [0.2, 0.25) is 5.91 Å². The molecule has 2 aromatic rings. The minimum atomic E-state index is -0.623. The molecule has 0 radical (unpaired) electrons. The van der Waals surface area contributed by atoms with Crippen LogP contribution in [0.5, 0.6) is 0 Å². The molecular formula is C16H17N3O3. The van der Waals surface area contributed by atoms with Crippen LogP contribution in [0.3, 0.4) is 0 Å². The van der Waals surface area contributed by atoms with Crippen molar-refractivity contribution in [3.05, 3.63) is 42.1 Å². The normalized spacial score (nSPS) is 21.2. The van der Waals surface area contributed by atoms with Crippen LogP contribution in [0.2, 0.25) is 0 Å². The highest BCUT2D eigenvalue weighted by Gasteiger charge is 2.39. The van der Waals surface area contributed by atoms with Crippen molar-refractivity contribution in [2.24, 2.45) is 5.73 Å². The quantitative estimate of drug-likeness (QED) is 0.914. The van der Waals surface area contributed by atoms with Crippen molar-refractivity contribution in [1.82, 2.24) is 9.88 Å². The second-order valence-corrected chi connectivity index (χ2v) is 5.38. The first kappa shape index (κ1) is 14.5. The molecule has 3 rings (SSSR count). The molecule has 0 unspecified atom stereocenters. The third kappa shape index (κ3) is 2.53. The number of amides is 2. The molecule has 2 N–H and O–H groups in total. The van der Waals surface area contributed by atoms with Crippen molar-refractivity contribution in [3.8, 4) is 0 Å². The van der Waals surface area contributed by atoms with Gasteiger partial charge in [0, 0.05) is 37.2 Å². The highest BCUT2D eigenvalue weighted by molar-refractivity contribution is 6.00. The molecule has 0 aliphatic carbocycles. The molecule has 1 fully saturated rings. The Kier molecular flexibility index (Phi) is 3.77. The molecule has 22 heavy (non-hydrogen) atoms. The van der Waals surface area contributed by atoms with E-state index >= 15 is 0 Å². The number of hydrogen-bond acceptors (Lipinski definition) is 4. The van der Waals surface area contributed by atoms with E-state index in [2.05, 4.69) is 4.98 Å². The molecule has 2 heterocycles. The Morgan fingerprint density at radius 3 is 2.91 bits per heavy atom. The van der Waals surface area contributed by atoms with Crippen LogP contribution in [0.4, 0.5) is 0 Å². The monoisotopic (exact) mass is 299 g/mol. The fourth-order valence-electron chi connectivity index (χ4n) is 2.84. The Bertz CT molecular complexity index is 731. The fraction of sp³-hybridized carbons (Fsp3) is 0.312. The summed E-state index contributed by atoms with van der Waals surface area (Å²) in [4.78, 5) is 30.0. The first-order chi connectivity index (χ1) is 10.6. The lowest BCUT2D eigenvalue weighted by atomic mass is 10.1. The molecular weight excluding hydrogens is 282 g/mol. The average molecular weight is 299 g/mol. The Morgan fingerprint density at radius 2 is 2.18 bits per heavy atom. The molecule has 2 amide bonds. The number of primary amides is 1. The molecule has 0 spiro atoms. The third-order valence-electron chi connectivity index (χ3n) is 4.04. The average Bonchev–Trinajstić information content (AvgIpc) is 2.98. The van der Waals surface area contributed by atoms with E-state index in [1.165, 1.54) is 4.90 Å². The zero-order chi connectivity index (χ0) is 15.7. The molecule has 114 valence electrons. The molecule has 0 bridgehead atoms. The van der Waals surface area contributed by atoms with Gasteiger partial charge in [0.15, 0.2) is 0 Å². The molecule has 1 aromatic carbocycles. The maximum Gasteiger partial charge on any atom is 0.254 e. The van der Waals surface area contributed by atoms with E-state index in [4.69, 9.17) is 10.5 Å². The molecule has 1 aromatic heterocycles. The van der Waals surface area contributed by atoms with E-state index in [1.54, 1.807) is 31.5 Å². The Balaban J connectivity index is 1.92. The van der Waals surface area contributed by atoms with E-state index in [-0.39, 0.29) is 12.0 Å². The van der Waals surface area contributed by atoms with Crippen molar-refractivity contribution in [3.63, 3.8) is 0 Å². The predicted octanol–water partition coefficient (Wildman–Crippen LogP) is 0.950. The topological polar surface area (TPSA) is 85.5 Å². The highest BCUT2D eigenvalue weighted by Crippen LogP contribution is 2.23. The van der Waals surface area contributed by atoms with Crippen LogP contribution in [0.15, 0.2) is 36.5 Å². The molecule has 6 heteroatoms. The van der Waals surface area contributed by atoms with E-state index in [9.17, 15) is 9.59 Å². The van der Waals surface area contributed by atoms with E-state index in [1.807, 2.05) is 12.1 Å². The Morgan fingerprint density at radius 1 is 1.36 bits per heavy atom. The minimum absolute atomic E-state index is 0.163. The van der Waals surface area contributed by atoms with Gasteiger partial charge >= 0.3 is 0 Å². The van der Waals surface area contributed by atoms with Crippen molar-refractivity contribution in [2.75, 3.05) is 13.7 Å². The fourth-order valence-corrected chi connectivity index (χ4v) is 2.84. The summed E-state index contributed by atoms with van der Waals surface area (Å²) in [5.41, 5.74) is 6.75. The summed E-state index contributed by atoms with van der Waals surface area (Å²) in [6.45, 7) is 0.369. The number of likely N-dealkylation sites (tertiary alicyclic amines) is 1. The van der Waals surface area contributed by atoms with Gasteiger partial charge in [-0.15, -0.1) is 0 Å². The number of methoxy groups -OCH3 is 1. The number of ether oxygens (including phenoxy) is 1. The van der Waals surface area contributed by atoms with Gasteiger partial charge < -0.3 is 15.4 Å². The van der Waals surface area contributed by atoms with Crippen LogP contribution < -0.4 is 5.73 Å². The number of nitrogens with zero attached hydrogens (tertiary/aromatic N) is 2.